The summed E-state index contributed by atoms with van der Waals surface area (Å²) in [6, 6.07) is 5.68. The Morgan fingerprint density at radius 2 is 2.05 bits per heavy atom. The molecule has 0 aliphatic rings. The fraction of sp³-hybridized carbons (Fsp3) is 0.286. The molecule has 5 heteroatoms. The van der Waals surface area contributed by atoms with Crippen LogP contribution in [0.15, 0.2) is 22.7 Å². The summed E-state index contributed by atoms with van der Waals surface area (Å²) in [5.74, 6) is 1.80. The van der Waals surface area contributed by atoms with E-state index >= 15 is 0 Å². The molecule has 0 spiro atoms. The number of benzene rings is 1. The van der Waals surface area contributed by atoms with Crippen LogP contribution in [0.25, 0.3) is 0 Å². The van der Waals surface area contributed by atoms with Crippen LogP contribution in [-0.4, -0.2) is 24.9 Å². The van der Waals surface area contributed by atoms with E-state index in [4.69, 9.17) is 6.42 Å². The highest BCUT2D eigenvalue weighted by Gasteiger charge is 2.08. The van der Waals surface area contributed by atoms with Gasteiger partial charge >= 0.3 is 0 Å². The molecule has 1 rings (SSSR count). The largest absolute Gasteiger partial charge is 0.347 e. The van der Waals surface area contributed by atoms with Gasteiger partial charge in [-0.15, -0.1) is 6.42 Å². The smallest absolute Gasteiger partial charge is 0.240 e. The van der Waals surface area contributed by atoms with Crippen molar-refractivity contribution in [2.45, 2.75) is 13.3 Å². The number of hydrogen-bond donors (Lipinski definition) is 2. The summed E-state index contributed by atoms with van der Waals surface area (Å²) in [5, 5.41) is 5.03. The van der Waals surface area contributed by atoms with E-state index < -0.39 is 0 Å². The van der Waals surface area contributed by atoms with Crippen molar-refractivity contribution >= 4 is 27.7 Å². The van der Waals surface area contributed by atoms with Crippen molar-refractivity contribution in [3.63, 3.8) is 0 Å². The minimum Gasteiger partial charge on any atom is -0.347 e. The second kappa shape index (κ2) is 7.59. The molecular weight excluding hydrogens is 308 g/mol. The average molecular weight is 323 g/mol. The topological polar surface area (TPSA) is 58.2 Å². The molecule has 0 atom stereocenters. The SMILES string of the molecule is C#CCNC(=O)CNC(=O)Cc1cccc(Br)c1C. The Hall–Kier alpha value is -1.80. The van der Waals surface area contributed by atoms with Gasteiger partial charge in [0.2, 0.25) is 11.8 Å². The minimum absolute atomic E-state index is 0.0619. The first-order valence-electron chi connectivity index (χ1n) is 5.75. The molecule has 1 aromatic carbocycles. The maximum absolute atomic E-state index is 11.7. The van der Waals surface area contributed by atoms with Crippen LogP contribution in [0.3, 0.4) is 0 Å². The Morgan fingerprint density at radius 3 is 2.74 bits per heavy atom. The Bertz CT molecular complexity index is 521. The first-order chi connectivity index (χ1) is 9.04. The van der Waals surface area contributed by atoms with Crippen LogP contribution >= 0.6 is 15.9 Å². The molecule has 2 N–H and O–H groups in total. The standard InChI is InChI=1S/C14H15BrN2O2/c1-3-7-16-14(19)9-17-13(18)8-11-5-4-6-12(15)10(11)2/h1,4-6H,7-9H2,2H3,(H,16,19)(H,17,18). The molecule has 0 saturated heterocycles. The van der Waals surface area contributed by atoms with Crippen LogP contribution in [0, 0.1) is 19.3 Å². The summed E-state index contributed by atoms with van der Waals surface area (Å²) in [6.07, 6.45) is 5.25. The van der Waals surface area contributed by atoms with Crippen molar-refractivity contribution in [3.8, 4) is 12.3 Å². The van der Waals surface area contributed by atoms with E-state index in [1.165, 1.54) is 0 Å². The molecule has 0 saturated carbocycles. The predicted octanol–water partition coefficient (Wildman–Crippen LogP) is 1.17. The van der Waals surface area contributed by atoms with Crippen molar-refractivity contribution in [2.75, 3.05) is 13.1 Å². The Balaban J connectivity index is 2.46. The van der Waals surface area contributed by atoms with E-state index in [0.29, 0.717) is 0 Å². The van der Waals surface area contributed by atoms with Crippen molar-refractivity contribution in [1.29, 1.82) is 0 Å². The van der Waals surface area contributed by atoms with Gasteiger partial charge in [-0.05, 0) is 24.1 Å². The zero-order valence-electron chi connectivity index (χ0n) is 10.6. The predicted molar refractivity (Wildman–Crippen MR) is 77.4 cm³/mol. The van der Waals surface area contributed by atoms with Crippen LogP contribution in [0.1, 0.15) is 11.1 Å². The monoisotopic (exact) mass is 322 g/mol. The highest BCUT2D eigenvalue weighted by molar-refractivity contribution is 9.10. The van der Waals surface area contributed by atoms with Crippen LogP contribution < -0.4 is 10.6 Å². The molecule has 0 bridgehead atoms. The molecule has 0 radical (unpaired) electrons. The number of carbonyl (C=O) groups excluding carboxylic acids is 2. The number of rotatable bonds is 5. The van der Waals surface area contributed by atoms with Crippen molar-refractivity contribution in [3.05, 3.63) is 33.8 Å². The summed E-state index contributed by atoms with van der Waals surface area (Å²) in [7, 11) is 0. The van der Waals surface area contributed by atoms with Crippen LogP contribution in [0.2, 0.25) is 0 Å². The molecule has 0 fully saturated rings. The Kier molecular flexibility index (Phi) is 6.10. The van der Waals surface area contributed by atoms with Gasteiger partial charge in [-0.1, -0.05) is 34.0 Å². The number of amides is 2. The second-order valence-corrected chi connectivity index (χ2v) is 4.81. The van der Waals surface area contributed by atoms with Crippen LogP contribution in [-0.2, 0) is 16.0 Å². The van der Waals surface area contributed by atoms with Gasteiger partial charge in [-0.25, -0.2) is 0 Å². The lowest BCUT2D eigenvalue weighted by Gasteiger charge is -2.08. The number of carbonyl (C=O) groups is 2. The van der Waals surface area contributed by atoms with Crippen LogP contribution in [0.4, 0.5) is 0 Å². The summed E-state index contributed by atoms with van der Waals surface area (Å²) in [5.41, 5.74) is 1.95. The fourth-order valence-corrected chi connectivity index (χ4v) is 1.88. The summed E-state index contributed by atoms with van der Waals surface area (Å²) in [4.78, 5) is 23.0. The van der Waals surface area contributed by atoms with Crippen molar-refractivity contribution in [2.24, 2.45) is 0 Å². The normalized spacial score (nSPS) is 9.53. The lowest BCUT2D eigenvalue weighted by atomic mass is 10.1. The van der Waals surface area contributed by atoms with Gasteiger partial charge in [-0.2, -0.15) is 0 Å². The lowest BCUT2D eigenvalue weighted by Crippen LogP contribution is -2.37. The second-order valence-electron chi connectivity index (χ2n) is 3.96. The van der Waals surface area contributed by atoms with E-state index in [0.717, 1.165) is 15.6 Å². The third-order valence-corrected chi connectivity index (χ3v) is 3.42. The average Bonchev–Trinajstić information content (AvgIpc) is 2.39. The molecule has 0 aliphatic heterocycles. The first kappa shape index (κ1) is 15.3. The molecule has 0 aliphatic carbocycles. The first-order valence-corrected chi connectivity index (χ1v) is 6.54. The van der Waals surface area contributed by atoms with Crippen LogP contribution in [0.5, 0.6) is 0 Å². The summed E-state index contributed by atoms with van der Waals surface area (Å²) in [6.45, 7) is 2.04. The number of halogens is 1. The lowest BCUT2D eigenvalue weighted by molar-refractivity contribution is -0.125. The maximum Gasteiger partial charge on any atom is 0.240 e. The van der Waals surface area contributed by atoms with Gasteiger partial charge in [0, 0.05) is 4.47 Å². The third-order valence-electron chi connectivity index (χ3n) is 2.56. The van der Waals surface area contributed by atoms with E-state index in [2.05, 4.69) is 32.5 Å². The van der Waals surface area contributed by atoms with E-state index in [9.17, 15) is 9.59 Å². The molecule has 1 aromatic rings. The minimum atomic E-state index is -0.294. The quantitative estimate of drug-likeness (QED) is 0.799. The van der Waals surface area contributed by atoms with Gasteiger partial charge in [0.1, 0.15) is 0 Å². The van der Waals surface area contributed by atoms with Gasteiger partial charge < -0.3 is 10.6 Å². The molecular formula is C14H15BrN2O2. The van der Waals surface area contributed by atoms with Crippen molar-refractivity contribution in [1.82, 2.24) is 10.6 Å². The molecule has 4 nitrogen and oxygen atoms in total. The van der Waals surface area contributed by atoms with Gasteiger partial charge in [0.15, 0.2) is 0 Å². The molecule has 100 valence electrons. The zero-order chi connectivity index (χ0) is 14.3. The fourth-order valence-electron chi connectivity index (χ4n) is 1.47. The molecule has 0 unspecified atom stereocenters. The third kappa shape index (κ3) is 5.14. The zero-order valence-corrected chi connectivity index (χ0v) is 12.2. The van der Waals surface area contributed by atoms with E-state index in [1.54, 1.807) is 0 Å². The maximum atomic E-state index is 11.7. The summed E-state index contributed by atoms with van der Waals surface area (Å²) >= 11 is 3.41. The van der Waals surface area contributed by atoms with Gasteiger partial charge in [-0.3, -0.25) is 9.59 Å². The molecule has 0 heterocycles. The number of terminal acetylenes is 1. The van der Waals surface area contributed by atoms with E-state index in [1.807, 2.05) is 25.1 Å². The highest BCUT2D eigenvalue weighted by atomic mass is 79.9. The van der Waals surface area contributed by atoms with E-state index in [-0.39, 0.29) is 31.3 Å². The highest BCUT2D eigenvalue weighted by Crippen LogP contribution is 2.19. The van der Waals surface area contributed by atoms with Crippen molar-refractivity contribution < 1.29 is 9.59 Å². The number of hydrogen-bond acceptors (Lipinski definition) is 2. The summed E-state index contributed by atoms with van der Waals surface area (Å²) < 4.78 is 0.963. The number of nitrogens with one attached hydrogen (secondary N) is 2. The Morgan fingerprint density at radius 1 is 1.32 bits per heavy atom. The molecule has 19 heavy (non-hydrogen) atoms. The van der Waals surface area contributed by atoms with Gasteiger partial charge in [0.25, 0.3) is 0 Å². The molecule has 2 amide bonds. The molecule has 0 aromatic heterocycles. The Labute approximate surface area is 121 Å². The van der Waals surface area contributed by atoms with Gasteiger partial charge in [0.05, 0.1) is 19.5 Å².